The number of carbonyl (C=O) groups excluding carboxylic acids is 2. The van der Waals surface area contributed by atoms with E-state index in [4.69, 9.17) is 4.74 Å². The van der Waals surface area contributed by atoms with Gasteiger partial charge in [0.25, 0.3) is 0 Å². The molecule has 2 aliphatic heterocycles. The molecule has 0 aromatic heterocycles. The maximum atomic E-state index is 13.9. The molecular formula is C27H39InN3O3. The fourth-order valence-corrected chi connectivity index (χ4v) is 7.33. The summed E-state index contributed by atoms with van der Waals surface area (Å²) in [6.45, 7) is 16.4. The molecule has 7 heteroatoms. The van der Waals surface area contributed by atoms with Crippen molar-refractivity contribution in [2.24, 2.45) is 5.92 Å². The van der Waals surface area contributed by atoms with Crippen LogP contribution in [0.25, 0.3) is 0 Å². The van der Waals surface area contributed by atoms with Crippen LogP contribution in [0, 0.1) is 5.92 Å². The zero-order chi connectivity index (χ0) is 25.0. The van der Waals surface area contributed by atoms with E-state index < -0.39 is 40.6 Å². The van der Waals surface area contributed by atoms with E-state index in [-0.39, 0.29) is 17.7 Å². The first-order chi connectivity index (χ1) is 16.1. The first-order valence-electron chi connectivity index (χ1n) is 12.4. The Morgan fingerprint density at radius 1 is 1.24 bits per heavy atom. The molecule has 2 atom stereocenters. The van der Waals surface area contributed by atoms with E-state index in [1.807, 2.05) is 52.8 Å². The Kier molecular flexibility index (Phi) is 8.82. The summed E-state index contributed by atoms with van der Waals surface area (Å²) in [6, 6.07) is 5.29. The van der Waals surface area contributed by atoms with Crippen LogP contribution in [0.2, 0.25) is 0 Å². The molecule has 2 amide bonds. The van der Waals surface area contributed by atoms with Gasteiger partial charge in [-0.05, 0) is 13.8 Å². The molecule has 0 aliphatic carbocycles. The summed E-state index contributed by atoms with van der Waals surface area (Å²) in [4.78, 5) is 31.6. The van der Waals surface area contributed by atoms with Gasteiger partial charge in [0, 0.05) is 0 Å². The zero-order valence-corrected chi connectivity index (χ0v) is 25.0. The molecule has 1 aromatic carbocycles. The van der Waals surface area contributed by atoms with Gasteiger partial charge in [-0.15, -0.1) is 0 Å². The van der Waals surface area contributed by atoms with Gasteiger partial charge in [0.1, 0.15) is 0 Å². The molecule has 2 unspecified atom stereocenters. The number of ether oxygens (including phenoxy) is 1. The molecule has 1 N–H and O–H groups in total. The third kappa shape index (κ3) is 6.21. The molecule has 1 aromatic rings. The number of amides is 2. The number of nitrogens with zero attached hydrogens (tertiary/aromatic N) is 2. The summed E-state index contributed by atoms with van der Waals surface area (Å²) in [5.41, 5.74) is 2.66. The monoisotopic (exact) mass is 568 g/mol. The molecule has 2 heterocycles. The maximum absolute atomic E-state index is 13.9. The summed E-state index contributed by atoms with van der Waals surface area (Å²) >= 11 is -0.705. The van der Waals surface area contributed by atoms with Crippen molar-refractivity contribution < 1.29 is 14.3 Å². The van der Waals surface area contributed by atoms with Crippen LogP contribution >= 0.6 is 0 Å². The number of allylic oxidation sites excluding steroid dienone is 1. The third-order valence-electron chi connectivity index (χ3n) is 6.24. The van der Waals surface area contributed by atoms with Crippen molar-refractivity contribution in [3.8, 4) is 5.75 Å². The molecule has 34 heavy (non-hydrogen) atoms. The number of rotatable bonds is 8. The van der Waals surface area contributed by atoms with Crippen LogP contribution in [-0.2, 0) is 9.59 Å². The van der Waals surface area contributed by atoms with Gasteiger partial charge in [0.05, 0.1) is 0 Å². The van der Waals surface area contributed by atoms with Crippen molar-refractivity contribution >= 4 is 40.4 Å². The number of hydrogen-bond donors (Lipinski definition) is 1. The van der Waals surface area contributed by atoms with E-state index in [2.05, 4.69) is 37.8 Å². The second-order valence-electron chi connectivity index (χ2n) is 10.4. The van der Waals surface area contributed by atoms with E-state index >= 15 is 0 Å². The van der Waals surface area contributed by atoms with Crippen LogP contribution in [0.4, 0.5) is 5.69 Å². The normalized spacial score (nSPS) is 19.8. The Balaban J connectivity index is 2.10. The number of hydrogen-bond acceptors (Lipinski definition) is 4. The van der Waals surface area contributed by atoms with Crippen molar-refractivity contribution in [1.82, 2.24) is 10.2 Å². The van der Waals surface area contributed by atoms with E-state index in [0.717, 1.165) is 30.8 Å². The van der Waals surface area contributed by atoms with Gasteiger partial charge in [-0.25, -0.2) is 0 Å². The van der Waals surface area contributed by atoms with Gasteiger partial charge >= 0.3 is 203 Å². The molecular weight excluding hydrogens is 529 g/mol. The van der Waals surface area contributed by atoms with Crippen molar-refractivity contribution in [2.75, 3.05) is 24.5 Å². The van der Waals surface area contributed by atoms with E-state index in [1.165, 1.54) is 5.57 Å². The number of nitrogens with one attached hydrogen (secondary N) is 1. The van der Waals surface area contributed by atoms with Crippen molar-refractivity contribution in [1.29, 1.82) is 0 Å². The van der Waals surface area contributed by atoms with E-state index in [1.54, 1.807) is 4.90 Å². The molecule has 1 radical (unpaired) electrons. The molecule has 3 rings (SSSR count). The average molecular weight is 568 g/mol. The van der Waals surface area contributed by atoms with E-state index in [0.29, 0.717) is 12.3 Å². The van der Waals surface area contributed by atoms with Gasteiger partial charge < -0.3 is 0 Å². The number of anilines is 1. The predicted molar refractivity (Wildman–Crippen MR) is 139 cm³/mol. The van der Waals surface area contributed by atoms with Crippen LogP contribution in [0.5, 0.6) is 5.75 Å². The summed E-state index contributed by atoms with van der Waals surface area (Å²) in [7, 11) is 0. The molecule has 2 aliphatic rings. The van der Waals surface area contributed by atoms with Crippen molar-refractivity contribution in [3.63, 3.8) is 0 Å². The Morgan fingerprint density at radius 3 is 2.50 bits per heavy atom. The molecule has 0 bridgehead atoms. The SMILES string of the molecule is CCN(CC)c1ccc2c(c1)OC(C(C)C)C(=O)N(CCC1=[CH][In][CH]=C1)C2C(=O)NC(C)(C)C. The van der Waals surface area contributed by atoms with Crippen LogP contribution in [0.3, 0.4) is 0 Å². The molecule has 183 valence electrons. The first-order valence-corrected chi connectivity index (χ1v) is 16.2. The fraction of sp³-hybridized carbons (Fsp3) is 0.556. The molecule has 0 spiro atoms. The predicted octanol–water partition coefficient (Wildman–Crippen LogP) is 4.24. The zero-order valence-electron chi connectivity index (χ0n) is 21.7. The summed E-state index contributed by atoms with van der Waals surface area (Å²) < 4.78 is 11.1. The van der Waals surface area contributed by atoms with Gasteiger partial charge in [-0.1, -0.05) is 0 Å². The third-order valence-corrected chi connectivity index (χ3v) is 9.19. The topological polar surface area (TPSA) is 61.9 Å². The Bertz CT molecular complexity index is 960. The quantitative estimate of drug-likeness (QED) is 0.510. The van der Waals surface area contributed by atoms with Crippen molar-refractivity contribution in [2.45, 2.75) is 72.6 Å². The van der Waals surface area contributed by atoms with Crippen LogP contribution in [0.15, 0.2) is 37.5 Å². The Morgan fingerprint density at radius 2 is 1.94 bits per heavy atom. The fourth-order valence-electron chi connectivity index (χ4n) is 4.49. The van der Waals surface area contributed by atoms with Crippen LogP contribution in [-0.4, -0.2) is 70.9 Å². The van der Waals surface area contributed by atoms with Crippen molar-refractivity contribution in [3.05, 3.63) is 43.1 Å². The Hall–Kier alpha value is -1.89. The number of carbonyl (C=O) groups is 2. The van der Waals surface area contributed by atoms with Gasteiger partial charge in [-0.3, -0.25) is 0 Å². The Labute approximate surface area is 216 Å². The van der Waals surface area contributed by atoms with Crippen LogP contribution < -0.4 is 15.0 Å². The molecule has 0 fully saturated rings. The number of benzene rings is 1. The summed E-state index contributed by atoms with van der Waals surface area (Å²) in [5.74, 6) is 0.321. The minimum atomic E-state index is -0.732. The first kappa shape index (κ1) is 26.7. The van der Waals surface area contributed by atoms with Crippen LogP contribution in [0.1, 0.15) is 66.5 Å². The number of fused-ring (bicyclic) bond motifs is 1. The second-order valence-corrected chi connectivity index (χ2v) is 13.5. The molecule has 0 saturated carbocycles. The average Bonchev–Trinajstić information content (AvgIpc) is 3.24. The van der Waals surface area contributed by atoms with Gasteiger partial charge in [-0.2, -0.15) is 0 Å². The minimum absolute atomic E-state index is 0.0230. The standard InChI is InChI=1S/C27H39N3O3.In/c1-10-19(6)15-16-30-23(25(31)28-27(7,8)9)21-14-13-20(29(11-2)12-3)17-22(21)33-24(18(4)5)26(30)32;/h1,6,10,13-14,17-18,23-24H,11-12,15-16H2,2-5,7-9H3,(H,28,31);. The van der Waals surface area contributed by atoms with Gasteiger partial charge in [0.2, 0.25) is 0 Å². The summed E-state index contributed by atoms with van der Waals surface area (Å²) in [6.07, 6.45) is 2.31. The van der Waals surface area contributed by atoms with Gasteiger partial charge in [0.15, 0.2) is 0 Å². The van der Waals surface area contributed by atoms with E-state index in [9.17, 15) is 9.59 Å². The second kappa shape index (κ2) is 11.2. The molecule has 0 saturated heterocycles. The summed E-state index contributed by atoms with van der Waals surface area (Å²) in [5, 5.41) is 3.12. The molecule has 6 nitrogen and oxygen atoms in total.